The molecule has 6 nitrogen and oxygen atoms in total. The lowest BCUT2D eigenvalue weighted by Gasteiger charge is -2.05. The number of nitrogens with zero attached hydrogens (tertiary/aromatic N) is 3. The molecule has 1 aromatic carbocycles. The van der Waals surface area contributed by atoms with Gasteiger partial charge >= 0.3 is 0 Å². The second-order valence-electron chi connectivity index (χ2n) is 5.88. The molecule has 120 valence electrons. The zero-order chi connectivity index (χ0) is 16.7. The highest BCUT2D eigenvalue weighted by Gasteiger charge is 2.13. The van der Waals surface area contributed by atoms with Crippen LogP contribution in [0, 0.1) is 13.8 Å². The summed E-state index contributed by atoms with van der Waals surface area (Å²) in [7, 11) is 0. The first-order valence-electron chi connectivity index (χ1n) is 7.78. The predicted octanol–water partition coefficient (Wildman–Crippen LogP) is 2.76. The van der Waals surface area contributed by atoms with Crippen LogP contribution in [0.25, 0.3) is 16.6 Å². The van der Waals surface area contributed by atoms with Gasteiger partial charge in [-0.25, -0.2) is 9.50 Å². The number of amides is 1. The second-order valence-corrected chi connectivity index (χ2v) is 5.88. The number of rotatable bonds is 3. The number of hydrogen-bond donors (Lipinski definition) is 2. The lowest BCUT2D eigenvalue weighted by molar-refractivity contribution is 0.0952. The Morgan fingerprint density at radius 3 is 3.08 bits per heavy atom. The van der Waals surface area contributed by atoms with E-state index in [0.29, 0.717) is 17.8 Å². The maximum absolute atomic E-state index is 12.4. The Hall–Kier alpha value is -3.15. The van der Waals surface area contributed by atoms with Crippen molar-refractivity contribution >= 4 is 22.5 Å². The van der Waals surface area contributed by atoms with Crippen molar-refractivity contribution in [2.75, 3.05) is 0 Å². The molecule has 3 aromatic heterocycles. The summed E-state index contributed by atoms with van der Waals surface area (Å²) in [5.74, 6) is -0.175. The van der Waals surface area contributed by atoms with Crippen LogP contribution in [0.4, 0.5) is 0 Å². The minimum atomic E-state index is -0.175. The van der Waals surface area contributed by atoms with Crippen LogP contribution in [0.1, 0.15) is 27.2 Å². The van der Waals surface area contributed by atoms with Crippen molar-refractivity contribution in [3.63, 3.8) is 0 Å². The third kappa shape index (κ3) is 2.32. The molecule has 3 heterocycles. The summed E-state index contributed by atoms with van der Waals surface area (Å²) >= 11 is 0. The van der Waals surface area contributed by atoms with Gasteiger partial charge in [-0.3, -0.25) is 4.79 Å². The van der Waals surface area contributed by atoms with Crippen molar-refractivity contribution < 1.29 is 4.79 Å². The molecule has 4 rings (SSSR count). The zero-order valence-corrected chi connectivity index (χ0v) is 13.5. The Kier molecular flexibility index (Phi) is 3.30. The second kappa shape index (κ2) is 5.49. The molecule has 0 radical (unpaired) electrons. The highest BCUT2D eigenvalue weighted by Crippen LogP contribution is 2.22. The first-order chi connectivity index (χ1) is 11.6. The molecule has 6 heteroatoms. The third-order valence-corrected chi connectivity index (χ3v) is 4.35. The topological polar surface area (TPSA) is 75.1 Å². The molecule has 0 unspecified atom stereocenters. The SMILES string of the molecule is Cc1[nH]c2ccc(CNC(=O)c3cnn4cccnc34)cc2c1C. The van der Waals surface area contributed by atoms with E-state index in [9.17, 15) is 4.79 Å². The van der Waals surface area contributed by atoms with Gasteiger partial charge in [-0.15, -0.1) is 0 Å². The van der Waals surface area contributed by atoms with E-state index in [4.69, 9.17) is 0 Å². The minimum Gasteiger partial charge on any atom is -0.358 e. The Balaban J connectivity index is 1.56. The van der Waals surface area contributed by atoms with Crippen LogP contribution in [0.2, 0.25) is 0 Å². The van der Waals surface area contributed by atoms with E-state index >= 15 is 0 Å². The Morgan fingerprint density at radius 1 is 1.33 bits per heavy atom. The largest absolute Gasteiger partial charge is 0.358 e. The normalized spacial score (nSPS) is 11.2. The summed E-state index contributed by atoms with van der Waals surface area (Å²) in [6.45, 7) is 4.62. The Morgan fingerprint density at radius 2 is 2.21 bits per heavy atom. The van der Waals surface area contributed by atoms with Gasteiger partial charge in [0.1, 0.15) is 5.56 Å². The van der Waals surface area contributed by atoms with Crippen molar-refractivity contribution in [2.45, 2.75) is 20.4 Å². The molecule has 0 atom stereocenters. The van der Waals surface area contributed by atoms with Crippen LogP contribution in [0.15, 0.2) is 42.9 Å². The minimum absolute atomic E-state index is 0.175. The molecule has 0 spiro atoms. The molecule has 0 fully saturated rings. The molecule has 0 saturated heterocycles. The fourth-order valence-corrected chi connectivity index (χ4v) is 2.88. The van der Waals surface area contributed by atoms with Crippen molar-refractivity contribution in [3.8, 4) is 0 Å². The van der Waals surface area contributed by atoms with Crippen molar-refractivity contribution in [2.24, 2.45) is 0 Å². The maximum atomic E-state index is 12.4. The predicted molar refractivity (Wildman–Crippen MR) is 91.9 cm³/mol. The number of aromatic nitrogens is 4. The quantitative estimate of drug-likeness (QED) is 0.610. The van der Waals surface area contributed by atoms with Crippen molar-refractivity contribution in [1.29, 1.82) is 0 Å². The first kappa shape index (κ1) is 14.4. The molecule has 0 aliphatic heterocycles. The average Bonchev–Trinajstić information content (AvgIpc) is 3.15. The maximum Gasteiger partial charge on any atom is 0.257 e. The molecular weight excluding hydrogens is 302 g/mol. The van der Waals surface area contributed by atoms with Gasteiger partial charge in [0, 0.05) is 35.5 Å². The molecule has 4 aromatic rings. The van der Waals surface area contributed by atoms with E-state index in [1.807, 2.05) is 12.1 Å². The Labute approximate surface area is 138 Å². The zero-order valence-electron chi connectivity index (χ0n) is 13.5. The molecule has 0 saturated carbocycles. The summed E-state index contributed by atoms with van der Waals surface area (Å²) < 4.78 is 1.59. The number of H-pyrrole nitrogens is 1. The molecule has 2 N–H and O–H groups in total. The number of fused-ring (bicyclic) bond motifs is 2. The van der Waals surface area contributed by atoms with E-state index in [1.165, 1.54) is 16.6 Å². The van der Waals surface area contributed by atoms with Gasteiger partial charge in [-0.05, 0) is 43.2 Å². The number of benzene rings is 1. The fraction of sp³-hybridized carbons (Fsp3) is 0.167. The van der Waals surface area contributed by atoms with Crippen molar-refractivity contribution in [3.05, 3.63) is 65.2 Å². The average molecular weight is 319 g/mol. The van der Waals surface area contributed by atoms with Crippen LogP contribution in [-0.2, 0) is 6.54 Å². The van der Waals surface area contributed by atoms with Gasteiger partial charge < -0.3 is 10.3 Å². The lowest BCUT2D eigenvalue weighted by atomic mass is 10.1. The number of aromatic amines is 1. The highest BCUT2D eigenvalue weighted by molar-refractivity contribution is 5.99. The summed E-state index contributed by atoms with van der Waals surface area (Å²) in [4.78, 5) is 20.0. The number of hydrogen-bond acceptors (Lipinski definition) is 3. The van der Waals surface area contributed by atoms with Crippen LogP contribution in [-0.4, -0.2) is 25.5 Å². The monoisotopic (exact) mass is 319 g/mol. The molecular formula is C18H17N5O. The van der Waals surface area contributed by atoms with Gasteiger partial charge in [0.2, 0.25) is 0 Å². The smallest absolute Gasteiger partial charge is 0.257 e. The van der Waals surface area contributed by atoms with Gasteiger partial charge in [-0.1, -0.05) is 6.07 Å². The standard InChI is InChI=1S/C18H17N5O/c1-11-12(2)22-16-5-4-13(8-14(11)16)9-20-18(24)15-10-21-23-7-3-6-19-17(15)23/h3-8,10,22H,9H2,1-2H3,(H,20,24). The van der Waals surface area contributed by atoms with E-state index in [0.717, 1.165) is 11.1 Å². The van der Waals surface area contributed by atoms with E-state index in [-0.39, 0.29) is 5.91 Å². The van der Waals surface area contributed by atoms with Gasteiger partial charge in [0.15, 0.2) is 5.65 Å². The van der Waals surface area contributed by atoms with E-state index in [1.54, 1.807) is 29.2 Å². The van der Waals surface area contributed by atoms with Crippen LogP contribution in [0.5, 0.6) is 0 Å². The first-order valence-corrected chi connectivity index (χ1v) is 7.78. The molecule has 0 aliphatic rings. The van der Waals surface area contributed by atoms with Crippen LogP contribution in [0.3, 0.4) is 0 Å². The molecule has 24 heavy (non-hydrogen) atoms. The number of nitrogens with one attached hydrogen (secondary N) is 2. The summed E-state index contributed by atoms with van der Waals surface area (Å²) in [5.41, 5.74) is 5.62. The van der Waals surface area contributed by atoms with Gasteiger partial charge in [0.05, 0.1) is 6.20 Å². The summed E-state index contributed by atoms with van der Waals surface area (Å²) in [6, 6.07) is 7.96. The third-order valence-electron chi connectivity index (χ3n) is 4.35. The molecule has 1 amide bonds. The highest BCUT2D eigenvalue weighted by atomic mass is 16.1. The molecule has 0 bridgehead atoms. The van der Waals surface area contributed by atoms with E-state index in [2.05, 4.69) is 40.3 Å². The fourth-order valence-electron chi connectivity index (χ4n) is 2.88. The summed E-state index contributed by atoms with van der Waals surface area (Å²) in [5, 5.41) is 8.27. The van der Waals surface area contributed by atoms with Crippen LogP contribution >= 0.6 is 0 Å². The van der Waals surface area contributed by atoms with E-state index < -0.39 is 0 Å². The summed E-state index contributed by atoms with van der Waals surface area (Å²) in [6.07, 6.45) is 4.96. The number of carbonyl (C=O) groups excluding carboxylic acids is 1. The number of carbonyl (C=O) groups is 1. The number of aryl methyl sites for hydroxylation is 2. The van der Waals surface area contributed by atoms with Gasteiger partial charge in [0.25, 0.3) is 5.91 Å². The van der Waals surface area contributed by atoms with Gasteiger partial charge in [-0.2, -0.15) is 5.10 Å². The van der Waals surface area contributed by atoms with Crippen LogP contribution < -0.4 is 5.32 Å². The molecule has 0 aliphatic carbocycles. The van der Waals surface area contributed by atoms with Crippen molar-refractivity contribution in [1.82, 2.24) is 24.9 Å². The lowest BCUT2D eigenvalue weighted by Crippen LogP contribution is -2.22. The Bertz CT molecular complexity index is 1060.